The molecule has 0 bridgehead atoms. The van der Waals surface area contributed by atoms with Crippen molar-refractivity contribution in [2.45, 2.75) is 51.7 Å². The number of carbonyl (C=O) groups is 1. The first kappa shape index (κ1) is 17.6. The van der Waals surface area contributed by atoms with Crippen LogP contribution in [0.1, 0.15) is 48.0 Å². The minimum atomic E-state index is -0.267. The minimum Gasteiger partial charge on any atom is -0.462 e. The van der Waals surface area contributed by atoms with Crippen LogP contribution in [0.5, 0.6) is 0 Å². The van der Waals surface area contributed by atoms with Crippen LogP contribution in [0.4, 0.5) is 5.13 Å². The van der Waals surface area contributed by atoms with Crippen molar-refractivity contribution in [1.29, 1.82) is 0 Å². The van der Waals surface area contributed by atoms with E-state index in [1.54, 1.807) is 0 Å². The molecule has 2 aliphatic rings. The van der Waals surface area contributed by atoms with Gasteiger partial charge in [-0.15, -0.1) is 0 Å². The summed E-state index contributed by atoms with van der Waals surface area (Å²) in [7, 11) is 0. The summed E-state index contributed by atoms with van der Waals surface area (Å²) in [4.78, 5) is 19.4. The van der Waals surface area contributed by atoms with Gasteiger partial charge in [0.25, 0.3) is 0 Å². The van der Waals surface area contributed by atoms with Gasteiger partial charge in [-0.25, -0.2) is 9.78 Å². The second-order valence-electron chi connectivity index (χ2n) is 6.27. The van der Waals surface area contributed by atoms with E-state index in [0.717, 1.165) is 62.8 Å². The summed E-state index contributed by atoms with van der Waals surface area (Å²) in [6.07, 6.45) is 4.71. The zero-order valence-corrected chi connectivity index (χ0v) is 15.3. The van der Waals surface area contributed by atoms with Gasteiger partial charge in [0.15, 0.2) is 5.13 Å². The summed E-state index contributed by atoms with van der Waals surface area (Å²) in [6.45, 7) is 7.55. The Hall–Kier alpha value is -1.18. The van der Waals surface area contributed by atoms with E-state index in [-0.39, 0.29) is 5.97 Å². The minimum absolute atomic E-state index is 0.267. The largest absolute Gasteiger partial charge is 0.462 e. The fourth-order valence-electron chi connectivity index (χ4n) is 3.17. The summed E-state index contributed by atoms with van der Waals surface area (Å²) in [5.74, 6) is -0.267. The monoisotopic (exact) mass is 354 g/mol. The molecule has 7 heteroatoms. The number of aromatic nitrogens is 1. The van der Waals surface area contributed by atoms with Gasteiger partial charge in [-0.1, -0.05) is 11.3 Å². The maximum atomic E-state index is 11.9. The number of ether oxygens (including phenoxy) is 3. The molecule has 3 rings (SSSR count). The van der Waals surface area contributed by atoms with Crippen molar-refractivity contribution in [2.75, 3.05) is 37.8 Å². The second kappa shape index (κ2) is 8.27. The first-order chi connectivity index (χ1) is 11.7. The highest BCUT2D eigenvalue weighted by atomic mass is 32.1. The number of nitrogens with zero attached hydrogens (tertiary/aromatic N) is 2. The molecule has 0 unspecified atom stereocenters. The molecule has 2 aliphatic heterocycles. The maximum absolute atomic E-state index is 11.9. The molecule has 3 heterocycles. The van der Waals surface area contributed by atoms with E-state index in [0.29, 0.717) is 23.7 Å². The summed E-state index contributed by atoms with van der Waals surface area (Å²) < 4.78 is 16.7. The first-order valence-corrected chi connectivity index (χ1v) is 9.61. The molecule has 1 aromatic heterocycles. The summed E-state index contributed by atoms with van der Waals surface area (Å²) in [6, 6.07) is 0. The number of hydrogen-bond acceptors (Lipinski definition) is 7. The molecule has 134 valence electrons. The van der Waals surface area contributed by atoms with Gasteiger partial charge < -0.3 is 19.1 Å². The Morgan fingerprint density at radius 1 is 1.25 bits per heavy atom. The van der Waals surface area contributed by atoms with Crippen LogP contribution in [0, 0.1) is 6.92 Å². The lowest BCUT2D eigenvalue weighted by Gasteiger charge is -2.34. The van der Waals surface area contributed by atoms with Crippen molar-refractivity contribution in [3.05, 3.63) is 10.6 Å². The summed E-state index contributed by atoms with van der Waals surface area (Å²) >= 11 is 1.43. The Morgan fingerprint density at radius 3 is 2.58 bits per heavy atom. The molecule has 2 saturated heterocycles. The standard InChI is InChI=1S/C17H26N2O4S/c1-3-22-16(20)15-12(2)18-17(24-15)19-8-4-13(5-9-19)23-14-6-10-21-11-7-14/h13-14H,3-11H2,1-2H3. The molecule has 0 atom stereocenters. The van der Waals surface area contributed by atoms with Crippen molar-refractivity contribution in [2.24, 2.45) is 0 Å². The van der Waals surface area contributed by atoms with Crippen molar-refractivity contribution >= 4 is 22.4 Å². The zero-order valence-electron chi connectivity index (χ0n) is 14.5. The number of rotatable bonds is 5. The van der Waals surface area contributed by atoms with Crippen LogP contribution in [0.25, 0.3) is 0 Å². The van der Waals surface area contributed by atoms with E-state index >= 15 is 0 Å². The molecule has 0 radical (unpaired) electrons. The molecule has 0 aliphatic carbocycles. The van der Waals surface area contributed by atoms with Crippen molar-refractivity contribution in [3.63, 3.8) is 0 Å². The van der Waals surface area contributed by atoms with Crippen LogP contribution < -0.4 is 4.90 Å². The molecule has 0 aromatic carbocycles. The molecule has 1 aromatic rings. The fraction of sp³-hybridized carbons (Fsp3) is 0.765. The Labute approximate surface area is 147 Å². The number of anilines is 1. The predicted octanol–water partition coefficient (Wildman–Crippen LogP) is 2.79. The molecular weight excluding hydrogens is 328 g/mol. The van der Waals surface area contributed by atoms with E-state index in [2.05, 4.69) is 9.88 Å². The Bertz CT molecular complexity index is 549. The van der Waals surface area contributed by atoms with Gasteiger partial charge in [0, 0.05) is 26.3 Å². The molecule has 0 amide bonds. The van der Waals surface area contributed by atoms with Crippen LogP contribution >= 0.6 is 11.3 Å². The van der Waals surface area contributed by atoms with Gasteiger partial charge in [-0.3, -0.25) is 0 Å². The van der Waals surface area contributed by atoms with E-state index in [9.17, 15) is 4.79 Å². The molecule has 24 heavy (non-hydrogen) atoms. The maximum Gasteiger partial charge on any atom is 0.350 e. The van der Waals surface area contributed by atoms with E-state index in [1.165, 1.54) is 11.3 Å². The van der Waals surface area contributed by atoms with Crippen LogP contribution in [-0.2, 0) is 14.2 Å². The zero-order chi connectivity index (χ0) is 16.9. The van der Waals surface area contributed by atoms with Crippen molar-refractivity contribution < 1.29 is 19.0 Å². The highest BCUT2D eigenvalue weighted by molar-refractivity contribution is 7.17. The summed E-state index contributed by atoms with van der Waals surface area (Å²) in [5.41, 5.74) is 0.758. The van der Waals surface area contributed by atoms with Crippen LogP contribution in [0.15, 0.2) is 0 Å². The first-order valence-electron chi connectivity index (χ1n) is 8.80. The highest BCUT2D eigenvalue weighted by Crippen LogP contribution is 2.30. The number of piperidine rings is 1. The SMILES string of the molecule is CCOC(=O)c1sc(N2CCC(OC3CCOCC3)CC2)nc1C. The normalized spacial score (nSPS) is 20.3. The number of carbonyl (C=O) groups excluding carboxylic acids is 1. The van der Waals surface area contributed by atoms with Crippen molar-refractivity contribution in [1.82, 2.24) is 4.98 Å². The van der Waals surface area contributed by atoms with Gasteiger partial charge in [0.05, 0.1) is 24.5 Å². The van der Waals surface area contributed by atoms with Gasteiger partial charge in [-0.2, -0.15) is 0 Å². The molecule has 2 fully saturated rings. The van der Waals surface area contributed by atoms with Crippen molar-refractivity contribution in [3.8, 4) is 0 Å². The smallest absolute Gasteiger partial charge is 0.350 e. The van der Waals surface area contributed by atoms with E-state index < -0.39 is 0 Å². The quantitative estimate of drug-likeness (QED) is 0.758. The van der Waals surface area contributed by atoms with Crippen LogP contribution in [0.3, 0.4) is 0 Å². The predicted molar refractivity (Wildman–Crippen MR) is 93.0 cm³/mol. The Balaban J connectivity index is 1.53. The molecule has 0 spiro atoms. The van der Waals surface area contributed by atoms with Gasteiger partial charge in [0.1, 0.15) is 4.88 Å². The van der Waals surface area contributed by atoms with Crippen LogP contribution in [-0.4, -0.2) is 56.1 Å². The average molecular weight is 354 g/mol. The lowest BCUT2D eigenvalue weighted by atomic mass is 10.1. The average Bonchev–Trinajstić information content (AvgIpc) is 2.99. The highest BCUT2D eigenvalue weighted by Gasteiger charge is 2.26. The lowest BCUT2D eigenvalue weighted by molar-refractivity contribution is -0.0743. The Kier molecular flexibility index (Phi) is 6.08. The fourth-order valence-corrected chi connectivity index (χ4v) is 4.18. The van der Waals surface area contributed by atoms with Gasteiger partial charge in [0.2, 0.25) is 0 Å². The number of thiazole rings is 1. The summed E-state index contributed by atoms with van der Waals surface area (Å²) in [5, 5.41) is 0.917. The van der Waals surface area contributed by atoms with Crippen LogP contribution in [0.2, 0.25) is 0 Å². The van der Waals surface area contributed by atoms with Gasteiger partial charge in [-0.05, 0) is 39.5 Å². The third kappa shape index (κ3) is 4.26. The van der Waals surface area contributed by atoms with E-state index in [4.69, 9.17) is 14.2 Å². The number of hydrogen-bond donors (Lipinski definition) is 0. The third-order valence-electron chi connectivity index (χ3n) is 4.51. The van der Waals surface area contributed by atoms with E-state index in [1.807, 2.05) is 13.8 Å². The molecular formula is C17H26N2O4S. The number of esters is 1. The molecule has 0 saturated carbocycles. The molecule has 6 nitrogen and oxygen atoms in total. The lowest BCUT2D eigenvalue weighted by Crippen LogP contribution is -2.39. The third-order valence-corrected chi connectivity index (χ3v) is 5.71. The molecule has 0 N–H and O–H groups in total. The number of aryl methyl sites for hydroxylation is 1. The topological polar surface area (TPSA) is 60.9 Å². The van der Waals surface area contributed by atoms with Gasteiger partial charge >= 0.3 is 5.97 Å². The Morgan fingerprint density at radius 2 is 1.92 bits per heavy atom. The second-order valence-corrected chi connectivity index (χ2v) is 7.24.